The van der Waals surface area contributed by atoms with Crippen LogP contribution in [0.15, 0.2) is 18.2 Å². The summed E-state index contributed by atoms with van der Waals surface area (Å²) in [6.07, 6.45) is 3.86. The minimum Gasteiger partial charge on any atom is -0.399 e. The second-order valence-electron chi connectivity index (χ2n) is 6.17. The highest BCUT2D eigenvalue weighted by molar-refractivity contribution is 5.79. The first-order valence-corrected chi connectivity index (χ1v) is 6.73. The number of fused-ring (bicyclic) bond motifs is 1. The van der Waals surface area contributed by atoms with Crippen molar-refractivity contribution in [1.82, 2.24) is 9.55 Å². The largest absolute Gasteiger partial charge is 0.399 e. The molecule has 1 aliphatic rings. The predicted molar refractivity (Wildman–Crippen MR) is 75.6 cm³/mol. The molecule has 0 saturated heterocycles. The van der Waals surface area contributed by atoms with Crippen LogP contribution in [0.5, 0.6) is 0 Å². The van der Waals surface area contributed by atoms with E-state index < -0.39 is 0 Å². The van der Waals surface area contributed by atoms with Crippen LogP contribution in [0.25, 0.3) is 11.0 Å². The van der Waals surface area contributed by atoms with Crippen molar-refractivity contribution in [1.29, 1.82) is 0 Å². The highest BCUT2D eigenvalue weighted by Crippen LogP contribution is 2.47. The maximum absolute atomic E-state index is 5.84. The van der Waals surface area contributed by atoms with Gasteiger partial charge in [0.15, 0.2) is 0 Å². The van der Waals surface area contributed by atoms with Gasteiger partial charge in [0.25, 0.3) is 0 Å². The Kier molecular flexibility index (Phi) is 2.40. The Bertz CT molecular complexity index is 595. The highest BCUT2D eigenvalue weighted by atomic mass is 15.1. The summed E-state index contributed by atoms with van der Waals surface area (Å²) in [7, 11) is 0. The number of benzene rings is 1. The smallest absolute Gasteiger partial charge is 0.106 e. The van der Waals surface area contributed by atoms with Gasteiger partial charge in [-0.3, -0.25) is 0 Å². The average molecular weight is 243 g/mol. The number of nitrogens with two attached hydrogens (primary N) is 1. The summed E-state index contributed by atoms with van der Waals surface area (Å²) in [6, 6.07) is 6.62. The molecule has 18 heavy (non-hydrogen) atoms. The van der Waals surface area contributed by atoms with Gasteiger partial charge in [-0.15, -0.1) is 0 Å². The number of nitrogens with zero attached hydrogens (tertiary/aromatic N) is 2. The van der Waals surface area contributed by atoms with Crippen molar-refractivity contribution in [2.75, 3.05) is 5.73 Å². The van der Waals surface area contributed by atoms with Gasteiger partial charge >= 0.3 is 0 Å². The molecule has 0 amide bonds. The molecule has 2 aromatic rings. The molecule has 0 radical (unpaired) electrons. The lowest BCUT2D eigenvalue weighted by molar-refractivity contribution is 0.262. The van der Waals surface area contributed by atoms with Crippen LogP contribution in [0.4, 0.5) is 5.69 Å². The summed E-state index contributed by atoms with van der Waals surface area (Å²) < 4.78 is 2.42. The van der Waals surface area contributed by atoms with Gasteiger partial charge in [0, 0.05) is 11.7 Å². The molecule has 0 spiro atoms. The fourth-order valence-electron chi connectivity index (χ4n) is 3.42. The van der Waals surface area contributed by atoms with Crippen molar-refractivity contribution in [2.45, 2.75) is 46.1 Å². The molecule has 1 aromatic heterocycles. The topological polar surface area (TPSA) is 43.8 Å². The lowest BCUT2D eigenvalue weighted by atomic mass is 9.87. The van der Waals surface area contributed by atoms with Crippen molar-refractivity contribution in [3.8, 4) is 0 Å². The first-order chi connectivity index (χ1) is 8.49. The van der Waals surface area contributed by atoms with Crippen molar-refractivity contribution in [3.05, 3.63) is 24.0 Å². The van der Waals surface area contributed by atoms with E-state index in [0.29, 0.717) is 11.5 Å². The number of rotatable bonds is 1. The van der Waals surface area contributed by atoms with Gasteiger partial charge in [-0.25, -0.2) is 4.98 Å². The van der Waals surface area contributed by atoms with Crippen LogP contribution >= 0.6 is 0 Å². The van der Waals surface area contributed by atoms with E-state index in [-0.39, 0.29) is 0 Å². The van der Waals surface area contributed by atoms with E-state index in [4.69, 9.17) is 5.73 Å². The minimum absolute atomic E-state index is 0.361. The molecule has 1 aromatic carbocycles. The third-order valence-corrected chi connectivity index (χ3v) is 4.40. The molecule has 0 bridgehead atoms. The van der Waals surface area contributed by atoms with Gasteiger partial charge in [-0.05, 0) is 43.4 Å². The predicted octanol–water partition coefficient (Wildman–Crippen LogP) is 3.68. The first-order valence-electron chi connectivity index (χ1n) is 6.73. The van der Waals surface area contributed by atoms with E-state index >= 15 is 0 Å². The number of nitrogen functional groups attached to an aromatic ring is 1. The van der Waals surface area contributed by atoms with E-state index in [1.807, 2.05) is 12.1 Å². The highest BCUT2D eigenvalue weighted by Gasteiger charge is 2.37. The Balaban J connectivity index is 2.20. The molecule has 1 saturated carbocycles. The fraction of sp³-hybridized carbons (Fsp3) is 0.533. The number of aromatic nitrogens is 2. The molecule has 1 unspecified atom stereocenters. The summed E-state index contributed by atoms with van der Waals surface area (Å²) in [4.78, 5) is 4.67. The number of imidazole rings is 1. The van der Waals surface area contributed by atoms with Gasteiger partial charge in [0.1, 0.15) is 5.82 Å². The zero-order valence-electron chi connectivity index (χ0n) is 11.4. The summed E-state index contributed by atoms with van der Waals surface area (Å²) in [5.74, 6) is 1.11. The Morgan fingerprint density at radius 1 is 1.39 bits per heavy atom. The Morgan fingerprint density at radius 2 is 2.17 bits per heavy atom. The maximum Gasteiger partial charge on any atom is 0.106 e. The van der Waals surface area contributed by atoms with Gasteiger partial charge in [0.2, 0.25) is 0 Å². The van der Waals surface area contributed by atoms with Crippen LogP contribution in [0.3, 0.4) is 0 Å². The molecule has 3 nitrogen and oxygen atoms in total. The van der Waals surface area contributed by atoms with Crippen LogP contribution in [0.1, 0.15) is 45.0 Å². The Labute approximate surface area is 108 Å². The lowest BCUT2D eigenvalue weighted by Gasteiger charge is -2.29. The van der Waals surface area contributed by atoms with E-state index in [1.165, 1.54) is 24.8 Å². The average Bonchev–Trinajstić information content (AvgIpc) is 2.76. The molecular formula is C15H21N3. The maximum atomic E-state index is 5.84. The molecule has 96 valence electrons. The molecule has 1 aliphatic carbocycles. The van der Waals surface area contributed by atoms with Gasteiger partial charge in [-0.1, -0.05) is 20.3 Å². The number of hydrogen-bond donors (Lipinski definition) is 1. The first kappa shape index (κ1) is 11.6. The molecule has 0 aliphatic heterocycles. The van der Waals surface area contributed by atoms with Gasteiger partial charge < -0.3 is 10.3 Å². The summed E-state index contributed by atoms with van der Waals surface area (Å²) in [5, 5.41) is 0. The van der Waals surface area contributed by atoms with Crippen molar-refractivity contribution in [2.24, 2.45) is 5.41 Å². The Morgan fingerprint density at radius 3 is 2.83 bits per heavy atom. The second kappa shape index (κ2) is 3.74. The van der Waals surface area contributed by atoms with E-state index in [2.05, 4.69) is 36.4 Å². The van der Waals surface area contributed by atoms with Crippen LogP contribution < -0.4 is 5.73 Å². The number of aryl methyl sites for hydroxylation is 1. The zero-order valence-corrected chi connectivity index (χ0v) is 11.4. The molecule has 3 rings (SSSR count). The normalized spacial score (nSPS) is 22.7. The van der Waals surface area contributed by atoms with Crippen LogP contribution in [0, 0.1) is 12.3 Å². The van der Waals surface area contributed by atoms with Crippen molar-refractivity contribution < 1.29 is 0 Å². The van der Waals surface area contributed by atoms with Crippen LogP contribution in [-0.2, 0) is 0 Å². The third-order valence-electron chi connectivity index (χ3n) is 4.40. The molecule has 2 N–H and O–H groups in total. The minimum atomic E-state index is 0.361. The van der Waals surface area contributed by atoms with Crippen molar-refractivity contribution in [3.63, 3.8) is 0 Å². The fourth-order valence-corrected chi connectivity index (χ4v) is 3.42. The van der Waals surface area contributed by atoms with Crippen LogP contribution in [0.2, 0.25) is 0 Å². The summed E-state index contributed by atoms with van der Waals surface area (Å²) in [5.41, 5.74) is 9.24. The molecule has 1 atom stereocenters. The monoisotopic (exact) mass is 243 g/mol. The number of anilines is 1. The molecule has 1 fully saturated rings. The van der Waals surface area contributed by atoms with E-state index in [0.717, 1.165) is 17.0 Å². The lowest BCUT2D eigenvalue weighted by Crippen LogP contribution is -2.22. The number of hydrogen-bond acceptors (Lipinski definition) is 2. The molecule has 3 heteroatoms. The van der Waals surface area contributed by atoms with Crippen molar-refractivity contribution >= 4 is 16.7 Å². The SMILES string of the molecule is Cc1nc2cc(N)ccc2n1C1CCCC1(C)C. The summed E-state index contributed by atoms with van der Waals surface area (Å²) in [6.45, 7) is 6.84. The van der Waals surface area contributed by atoms with Gasteiger partial charge in [-0.2, -0.15) is 0 Å². The second-order valence-corrected chi connectivity index (χ2v) is 6.17. The Hall–Kier alpha value is -1.51. The third kappa shape index (κ3) is 1.61. The van der Waals surface area contributed by atoms with E-state index in [1.54, 1.807) is 0 Å². The quantitative estimate of drug-likeness (QED) is 0.776. The zero-order chi connectivity index (χ0) is 12.9. The summed E-state index contributed by atoms with van der Waals surface area (Å²) >= 11 is 0. The standard InChI is InChI=1S/C15H21N3/c1-10-17-12-9-11(16)6-7-13(12)18(10)14-5-4-8-15(14,2)3/h6-7,9,14H,4-5,8,16H2,1-3H3. The van der Waals surface area contributed by atoms with E-state index in [9.17, 15) is 0 Å². The van der Waals surface area contributed by atoms with Gasteiger partial charge in [0.05, 0.1) is 11.0 Å². The molecule has 1 heterocycles. The molecular weight excluding hydrogens is 222 g/mol. The van der Waals surface area contributed by atoms with Crippen LogP contribution in [-0.4, -0.2) is 9.55 Å².